The highest BCUT2D eigenvalue weighted by atomic mass is 19.1. The van der Waals surface area contributed by atoms with Crippen molar-refractivity contribution in [3.05, 3.63) is 34.9 Å². The largest absolute Gasteiger partial charge is 0.396 e. The number of rotatable bonds is 3. The first-order valence-electron chi connectivity index (χ1n) is 4.20. The summed E-state index contributed by atoms with van der Waals surface area (Å²) in [5.41, 5.74) is 0.641. The second-order valence-corrected chi connectivity index (χ2v) is 3.03. The lowest BCUT2D eigenvalue weighted by Crippen LogP contribution is -1.98. The van der Waals surface area contributed by atoms with Crippen molar-refractivity contribution in [1.82, 2.24) is 0 Å². The van der Waals surface area contributed by atoms with Crippen molar-refractivity contribution in [2.24, 2.45) is 0 Å². The maximum Gasteiger partial charge on any atom is 0.129 e. The van der Waals surface area contributed by atoms with E-state index in [1.807, 2.05) is 0 Å². The van der Waals surface area contributed by atoms with Gasteiger partial charge in [-0.2, -0.15) is 0 Å². The average Bonchev–Trinajstić information content (AvgIpc) is 2.02. The summed E-state index contributed by atoms with van der Waals surface area (Å²) in [4.78, 5) is 0. The van der Waals surface area contributed by atoms with Crippen molar-refractivity contribution in [3.63, 3.8) is 0 Å². The van der Waals surface area contributed by atoms with Crippen LogP contribution in [-0.4, -0.2) is 11.7 Å². The van der Waals surface area contributed by atoms with Gasteiger partial charge in [-0.05, 0) is 37.5 Å². The zero-order valence-corrected chi connectivity index (χ0v) is 7.48. The van der Waals surface area contributed by atoms with E-state index in [4.69, 9.17) is 5.11 Å². The number of aliphatic hydroxyl groups is 1. The Bertz CT molecular complexity index is 274. The summed E-state index contributed by atoms with van der Waals surface area (Å²) in [6.07, 6.45) is 0.630. The number of aryl methyl sites for hydroxylation is 1. The summed E-state index contributed by atoms with van der Waals surface area (Å²) >= 11 is 0. The molecule has 1 aromatic rings. The van der Waals surface area contributed by atoms with Gasteiger partial charge in [0.15, 0.2) is 0 Å². The van der Waals surface area contributed by atoms with Crippen LogP contribution in [0.1, 0.15) is 17.5 Å². The molecule has 0 unspecified atom stereocenters. The molecule has 72 valence electrons. The summed E-state index contributed by atoms with van der Waals surface area (Å²) in [6.45, 7) is 1.59. The fourth-order valence-electron chi connectivity index (χ4n) is 1.22. The van der Waals surface area contributed by atoms with Gasteiger partial charge in [0.05, 0.1) is 0 Å². The molecule has 1 N–H and O–H groups in total. The molecule has 1 nitrogen and oxygen atoms in total. The van der Waals surface area contributed by atoms with Gasteiger partial charge in [0.2, 0.25) is 0 Å². The molecule has 0 spiro atoms. The Labute approximate surface area is 76.0 Å². The minimum atomic E-state index is -0.522. The Morgan fingerprint density at radius 1 is 1.23 bits per heavy atom. The van der Waals surface area contributed by atoms with Crippen LogP contribution in [-0.2, 0) is 6.42 Å². The standard InChI is InChI=1S/C10H12F2O/c1-7-5-9(11)8(3-2-4-13)10(12)6-7/h5-6,13H,2-4H2,1H3. The molecule has 0 aromatic heterocycles. The predicted molar refractivity (Wildman–Crippen MR) is 46.5 cm³/mol. The average molecular weight is 186 g/mol. The molecule has 0 radical (unpaired) electrons. The number of halogens is 2. The number of hydrogen-bond donors (Lipinski definition) is 1. The molecule has 0 saturated heterocycles. The molecule has 0 atom stereocenters. The maximum absolute atomic E-state index is 13.1. The smallest absolute Gasteiger partial charge is 0.129 e. The second kappa shape index (κ2) is 4.33. The predicted octanol–water partition coefficient (Wildman–Crippen LogP) is 2.20. The topological polar surface area (TPSA) is 20.2 Å². The number of aliphatic hydroxyl groups excluding tert-OH is 1. The van der Waals surface area contributed by atoms with Crippen LogP contribution in [0.25, 0.3) is 0 Å². The van der Waals surface area contributed by atoms with E-state index in [-0.39, 0.29) is 18.6 Å². The highest BCUT2D eigenvalue weighted by molar-refractivity contribution is 5.25. The molecule has 0 aliphatic heterocycles. The highest BCUT2D eigenvalue weighted by Crippen LogP contribution is 2.16. The van der Waals surface area contributed by atoms with Gasteiger partial charge in [-0.15, -0.1) is 0 Å². The van der Waals surface area contributed by atoms with Crippen LogP contribution >= 0.6 is 0 Å². The molecule has 0 heterocycles. The molecule has 0 aliphatic carbocycles. The monoisotopic (exact) mass is 186 g/mol. The van der Waals surface area contributed by atoms with Gasteiger partial charge in [0.1, 0.15) is 11.6 Å². The van der Waals surface area contributed by atoms with Crippen LogP contribution in [0, 0.1) is 18.6 Å². The normalized spacial score (nSPS) is 10.5. The van der Waals surface area contributed by atoms with E-state index in [1.165, 1.54) is 12.1 Å². The number of benzene rings is 1. The van der Waals surface area contributed by atoms with Crippen LogP contribution in [0.2, 0.25) is 0 Å². The van der Waals surface area contributed by atoms with Crippen LogP contribution in [0.5, 0.6) is 0 Å². The van der Waals surface area contributed by atoms with Crippen molar-refractivity contribution in [3.8, 4) is 0 Å². The summed E-state index contributed by atoms with van der Waals surface area (Å²) in [6, 6.07) is 2.60. The Morgan fingerprint density at radius 2 is 1.77 bits per heavy atom. The maximum atomic E-state index is 13.1. The van der Waals surface area contributed by atoms with Crippen molar-refractivity contribution >= 4 is 0 Å². The van der Waals surface area contributed by atoms with Gasteiger partial charge >= 0.3 is 0 Å². The van der Waals surface area contributed by atoms with Gasteiger partial charge in [-0.3, -0.25) is 0 Å². The van der Waals surface area contributed by atoms with Crippen LogP contribution in [0.4, 0.5) is 8.78 Å². The first-order valence-corrected chi connectivity index (χ1v) is 4.20. The Morgan fingerprint density at radius 3 is 2.23 bits per heavy atom. The van der Waals surface area contributed by atoms with Crippen LogP contribution in [0.3, 0.4) is 0 Å². The third-order valence-electron chi connectivity index (χ3n) is 1.87. The molecule has 0 saturated carbocycles. The van der Waals surface area contributed by atoms with Crippen molar-refractivity contribution in [2.45, 2.75) is 19.8 Å². The fourth-order valence-corrected chi connectivity index (χ4v) is 1.22. The SMILES string of the molecule is Cc1cc(F)c(CCCO)c(F)c1. The molecule has 1 rings (SSSR count). The van der Waals surface area contributed by atoms with Gasteiger partial charge in [-0.25, -0.2) is 8.78 Å². The first kappa shape index (κ1) is 10.1. The lowest BCUT2D eigenvalue weighted by Gasteiger charge is -2.04. The van der Waals surface area contributed by atoms with E-state index in [2.05, 4.69) is 0 Å². The first-order chi connectivity index (χ1) is 6.15. The summed E-state index contributed by atoms with van der Waals surface area (Å²) in [5.74, 6) is -1.04. The molecular weight excluding hydrogens is 174 g/mol. The lowest BCUT2D eigenvalue weighted by molar-refractivity contribution is 0.287. The fraction of sp³-hybridized carbons (Fsp3) is 0.400. The van der Waals surface area contributed by atoms with Gasteiger partial charge in [0, 0.05) is 12.2 Å². The molecular formula is C10H12F2O. The highest BCUT2D eigenvalue weighted by Gasteiger charge is 2.08. The summed E-state index contributed by atoms with van der Waals surface area (Å²) < 4.78 is 26.2. The van der Waals surface area contributed by atoms with E-state index < -0.39 is 11.6 Å². The van der Waals surface area contributed by atoms with Gasteiger partial charge in [0.25, 0.3) is 0 Å². The van der Waals surface area contributed by atoms with E-state index in [0.29, 0.717) is 12.0 Å². The molecule has 0 aliphatic rings. The minimum absolute atomic E-state index is 0.0489. The quantitative estimate of drug-likeness (QED) is 0.767. The van der Waals surface area contributed by atoms with E-state index in [1.54, 1.807) is 6.92 Å². The molecule has 1 aromatic carbocycles. The van der Waals surface area contributed by atoms with E-state index >= 15 is 0 Å². The van der Waals surface area contributed by atoms with Gasteiger partial charge < -0.3 is 5.11 Å². The van der Waals surface area contributed by atoms with E-state index in [9.17, 15) is 8.78 Å². The molecule has 3 heteroatoms. The Hall–Kier alpha value is -0.960. The molecule has 0 bridgehead atoms. The van der Waals surface area contributed by atoms with Gasteiger partial charge in [-0.1, -0.05) is 0 Å². The Kier molecular flexibility index (Phi) is 3.37. The lowest BCUT2D eigenvalue weighted by atomic mass is 10.1. The van der Waals surface area contributed by atoms with Crippen LogP contribution in [0.15, 0.2) is 12.1 Å². The van der Waals surface area contributed by atoms with Crippen molar-refractivity contribution < 1.29 is 13.9 Å². The van der Waals surface area contributed by atoms with Crippen molar-refractivity contribution in [1.29, 1.82) is 0 Å². The van der Waals surface area contributed by atoms with Crippen LogP contribution < -0.4 is 0 Å². The third-order valence-corrected chi connectivity index (χ3v) is 1.87. The molecule has 0 amide bonds. The summed E-state index contributed by atoms with van der Waals surface area (Å²) in [5, 5.41) is 8.52. The minimum Gasteiger partial charge on any atom is -0.396 e. The zero-order chi connectivity index (χ0) is 9.84. The molecule has 0 fully saturated rings. The summed E-state index contributed by atoms with van der Waals surface area (Å²) in [7, 11) is 0. The Balaban J connectivity index is 2.92. The zero-order valence-electron chi connectivity index (χ0n) is 7.48. The third kappa shape index (κ3) is 2.49. The second-order valence-electron chi connectivity index (χ2n) is 3.03. The van der Waals surface area contributed by atoms with E-state index in [0.717, 1.165) is 0 Å². The van der Waals surface area contributed by atoms with Crippen molar-refractivity contribution in [2.75, 3.05) is 6.61 Å². The molecule has 13 heavy (non-hydrogen) atoms. The number of hydrogen-bond acceptors (Lipinski definition) is 1.